The molecule has 2 rings (SSSR count). The molecule has 0 N–H and O–H groups in total. The Hall–Kier alpha value is -2.37. The van der Waals surface area contributed by atoms with Crippen LogP contribution in [0.4, 0.5) is 0 Å². The third kappa shape index (κ3) is 2.32. The van der Waals surface area contributed by atoms with Crippen molar-refractivity contribution in [3.63, 3.8) is 0 Å². The van der Waals surface area contributed by atoms with Gasteiger partial charge in [-0.2, -0.15) is 0 Å². The van der Waals surface area contributed by atoms with Crippen molar-refractivity contribution in [2.24, 2.45) is 0 Å². The summed E-state index contributed by atoms with van der Waals surface area (Å²) in [7, 11) is 0. The number of carbonyl (C=O) groups is 3. The molecule has 1 heterocycles. The van der Waals surface area contributed by atoms with Crippen molar-refractivity contribution in [3.8, 4) is 11.5 Å². The number of cyclic esters (lactones) is 1. The monoisotopic (exact) mass is 250 g/mol. The molecule has 1 aliphatic heterocycles. The van der Waals surface area contributed by atoms with E-state index in [4.69, 9.17) is 14.2 Å². The molecule has 1 aromatic rings. The molecule has 0 aromatic heterocycles. The Morgan fingerprint density at radius 3 is 2.22 bits per heavy atom. The Kier molecular flexibility index (Phi) is 3.01. The van der Waals surface area contributed by atoms with E-state index in [0.717, 1.165) is 0 Å². The summed E-state index contributed by atoms with van der Waals surface area (Å²) in [4.78, 5) is 33.3. The van der Waals surface area contributed by atoms with Gasteiger partial charge >= 0.3 is 17.9 Å². The first-order valence-corrected chi connectivity index (χ1v) is 5.18. The average molecular weight is 250 g/mol. The van der Waals surface area contributed by atoms with E-state index in [9.17, 15) is 14.4 Å². The zero-order valence-electron chi connectivity index (χ0n) is 9.81. The van der Waals surface area contributed by atoms with Crippen LogP contribution in [0.25, 0.3) is 0 Å². The van der Waals surface area contributed by atoms with Gasteiger partial charge in [-0.3, -0.25) is 9.59 Å². The molecule has 6 nitrogen and oxygen atoms in total. The molecule has 94 valence electrons. The number of hydrogen-bond donors (Lipinski definition) is 0. The highest BCUT2D eigenvalue weighted by molar-refractivity contribution is 5.94. The van der Waals surface area contributed by atoms with Crippen LogP contribution in [-0.2, 0) is 20.9 Å². The van der Waals surface area contributed by atoms with Crippen LogP contribution in [0, 0.1) is 0 Å². The molecule has 0 radical (unpaired) electrons. The lowest BCUT2D eigenvalue weighted by Crippen LogP contribution is -2.08. The largest absolute Gasteiger partial charge is 0.457 e. The van der Waals surface area contributed by atoms with Gasteiger partial charge in [-0.25, -0.2) is 4.79 Å². The SMILES string of the molecule is CC(=O)Oc1cc2c(cc1OC(C)=O)C(=O)OC2. The summed E-state index contributed by atoms with van der Waals surface area (Å²) in [5, 5.41) is 0. The van der Waals surface area contributed by atoms with Gasteiger partial charge in [-0.1, -0.05) is 0 Å². The molecular weight excluding hydrogens is 240 g/mol. The smallest absolute Gasteiger partial charge is 0.339 e. The van der Waals surface area contributed by atoms with Crippen LogP contribution >= 0.6 is 0 Å². The maximum atomic E-state index is 11.4. The van der Waals surface area contributed by atoms with Gasteiger partial charge in [-0.05, 0) is 12.1 Å². The molecule has 0 fully saturated rings. The molecule has 0 saturated carbocycles. The predicted octanol–water partition coefficient (Wildman–Crippen LogP) is 1.21. The van der Waals surface area contributed by atoms with Gasteiger partial charge in [0.25, 0.3) is 0 Å². The zero-order valence-corrected chi connectivity index (χ0v) is 9.81. The third-order valence-corrected chi connectivity index (χ3v) is 2.26. The molecule has 0 atom stereocenters. The third-order valence-electron chi connectivity index (χ3n) is 2.26. The van der Waals surface area contributed by atoms with E-state index in [-0.39, 0.29) is 18.1 Å². The highest BCUT2D eigenvalue weighted by Crippen LogP contribution is 2.34. The van der Waals surface area contributed by atoms with Crippen molar-refractivity contribution < 1.29 is 28.6 Å². The quantitative estimate of drug-likeness (QED) is 0.579. The van der Waals surface area contributed by atoms with Gasteiger partial charge in [0.2, 0.25) is 0 Å². The Bertz CT molecular complexity index is 546. The van der Waals surface area contributed by atoms with E-state index in [1.807, 2.05) is 0 Å². The minimum atomic E-state index is -0.574. The second-order valence-corrected chi connectivity index (χ2v) is 3.72. The summed E-state index contributed by atoms with van der Waals surface area (Å²) in [5.74, 6) is -1.50. The Labute approximate surface area is 102 Å². The second-order valence-electron chi connectivity index (χ2n) is 3.72. The summed E-state index contributed by atoms with van der Waals surface area (Å²) < 4.78 is 14.6. The molecule has 0 spiro atoms. The second kappa shape index (κ2) is 4.48. The Morgan fingerprint density at radius 1 is 1.11 bits per heavy atom. The highest BCUT2D eigenvalue weighted by Gasteiger charge is 2.25. The summed E-state index contributed by atoms with van der Waals surface area (Å²) in [5.41, 5.74) is 0.898. The Morgan fingerprint density at radius 2 is 1.67 bits per heavy atom. The van der Waals surface area contributed by atoms with Crippen molar-refractivity contribution in [2.45, 2.75) is 20.5 Å². The number of hydrogen-bond acceptors (Lipinski definition) is 6. The van der Waals surface area contributed by atoms with Gasteiger partial charge in [-0.15, -0.1) is 0 Å². The average Bonchev–Trinajstić information content (AvgIpc) is 2.59. The van der Waals surface area contributed by atoms with Crippen LogP contribution in [-0.4, -0.2) is 17.9 Å². The first kappa shape index (κ1) is 12.1. The van der Waals surface area contributed by atoms with Gasteiger partial charge in [0.05, 0.1) is 5.56 Å². The lowest BCUT2D eigenvalue weighted by atomic mass is 10.1. The maximum absolute atomic E-state index is 11.4. The van der Waals surface area contributed by atoms with Gasteiger partial charge < -0.3 is 14.2 Å². The van der Waals surface area contributed by atoms with Crippen molar-refractivity contribution in [1.29, 1.82) is 0 Å². The minimum absolute atomic E-state index is 0.0234. The standard InChI is InChI=1S/C12H10O6/c1-6(13)17-10-3-8-5-16-12(15)9(8)4-11(10)18-7(2)14/h3-4H,5H2,1-2H3. The predicted molar refractivity (Wildman–Crippen MR) is 58.2 cm³/mol. The van der Waals surface area contributed by atoms with Crippen LogP contribution in [0.1, 0.15) is 29.8 Å². The van der Waals surface area contributed by atoms with Gasteiger partial charge in [0.15, 0.2) is 11.5 Å². The van der Waals surface area contributed by atoms with Crippen molar-refractivity contribution in [2.75, 3.05) is 0 Å². The molecular formula is C12H10O6. The number of rotatable bonds is 2. The zero-order chi connectivity index (χ0) is 13.3. The first-order valence-electron chi connectivity index (χ1n) is 5.18. The highest BCUT2D eigenvalue weighted by atomic mass is 16.6. The van der Waals surface area contributed by atoms with Gasteiger partial charge in [0, 0.05) is 19.4 Å². The van der Waals surface area contributed by atoms with Crippen LogP contribution in [0.3, 0.4) is 0 Å². The van der Waals surface area contributed by atoms with E-state index in [2.05, 4.69) is 0 Å². The van der Waals surface area contributed by atoms with E-state index in [1.54, 1.807) is 0 Å². The molecule has 0 amide bonds. The minimum Gasteiger partial charge on any atom is -0.457 e. The lowest BCUT2D eigenvalue weighted by molar-refractivity contribution is -0.134. The molecule has 0 unspecified atom stereocenters. The van der Waals surface area contributed by atoms with Crippen LogP contribution in [0.2, 0.25) is 0 Å². The molecule has 0 aliphatic carbocycles. The summed E-state index contributed by atoms with van der Waals surface area (Å²) in [6.07, 6.45) is 0. The summed E-state index contributed by atoms with van der Waals surface area (Å²) in [6, 6.07) is 2.80. The first-order chi connectivity index (χ1) is 8.47. The van der Waals surface area contributed by atoms with Crippen LogP contribution in [0.15, 0.2) is 12.1 Å². The summed E-state index contributed by atoms with van der Waals surface area (Å²) in [6.45, 7) is 2.55. The maximum Gasteiger partial charge on any atom is 0.339 e. The van der Waals surface area contributed by atoms with E-state index >= 15 is 0 Å². The van der Waals surface area contributed by atoms with Crippen molar-refractivity contribution in [3.05, 3.63) is 23.3 Å². The molecule has 0 bridgehead atoms. The van der Waals surface area contributed by atoms with E-state index in [1.165, 1.54) is 26.0 Å². The van der Waals surface area contributed by atoms with Crippen molar-refractivity contribution >= 4 is 17.9 Å². The number of fused-ring (bicyclic) bond motifs is 1. The molecule has 18 heavy (non-hydrogen) atoms. The fourth-order valence-corrected chi connectivity index (χ4v) is 1.60. The topological polar surface area (TPSA) is 78.9 Å². The van der Waals surface area contributed by atoms with E-state index in [0.29, 0.717) is 11.1 Å². The molecule has 0 saturated heterocycles. The van der Waals surface area contributed by atoms with Crippen molar-refractivity contribution in [1.82, 2.24) is 0 Å². The molecule has 6 heteroatoms. The molecule has 1 aromatic carbocycles. The number of carbonyl (C=O) groups excluding carboxylic acids is 3. The molecule has 1 aliphatic rings. The number of benzene rings is 1. The lowest BCUT2D eigenvalue weighted by Gasteiger charge is -2.09. The normalized spacial score (nSPS) is 12.7. The van der Waals surface area contributed by atoms with Crippen LogP contribution < -0.4 is 9.47 Å². The summed E-state index contributed by atoms with van der Waals surface area (Å²) >= 11 is 0. The van der Waals surface area contributed by atoms with Crippen LogP contribution in [0.5, 0.6) is 11.5 Å². The fourth-order valence-electron chi connectivity index (χ4n) is 1.60. The Balaban J connectivity index is 2.46. The van der Waals surface area contributed by atoms with E-state index < -0.39 is 17.9 Å². The number of ether oxygens (including phenoxy) is 3. The fraction of sp³-hybridized carbons (Fsp3) is 0.250. The van der Waals surface area contributed by atoms with Gasteiger partial charge in [0.1, 0.15) is 6.61 Å². The number of esters is 3.